The molecule has 1 aromatic heterocycles. The molecule has 0 bridgehead atoms. The second-order valence-corrected chi connectivity index (χ2v) is 7.58. The summed E-state index contributed by atoms with van der Waals surface area (Å²) in [5, 5.41) is 3.09. The fourth-order valence-corrected chi connectivity index (χ4v) is 3.79. The fraction of sp³-hybridized carbons (Fsp3) is 0.292. The number of carbonyl (C=O) groups excluding carboxylic acids is 1. The second kappa shape index (κ2) is 8.95. The smallest absolute Gasteiger partial charge is 0.229 e. The molecule has 4 rings (SSSR count). The molecule has 30 heavy (non-hydrogen) atoms. The van der Waals surface area contributed by atoms with Gasteiger partial charge in [0.2, 0.25) is 5.91 Å². The highest BCUT2D eigenvalue weighted by Gasteiger charge is 2.27. The first kappa shape index (κ1) is 19.9. The fourth-order valence-electron chi connectivity index (χ4n) is 3.79. The number of anilines is 2. The van der Waals surface area contributed by atoms with Gasteiger partial charge in [-0.05, 0) is 55.7 Å². The van der Waals surface area contributed by atoms with Crippen LogP contribution >= 0.6 is 0 Å². The zero-order chi connectivity index (χ0) is 20.9. The molecule has 154 valence electrons. The lowest BCUT2D eigenvalue weighted by Gasteiger charge is -2.33. The number of piperidine rings is 1. The number of rotatable bonds is 5. The maximum Gasteiger partial charge on any atom is 0.229 e. The van der Waals surface area contributed by atoms with Gasteiger partial charge in [-0.25, -0.2) is 9.97 Å². The van der Waals surface area contributed by atoms with Crippen LogP contribution in [0.15, 0.2) is 60.9 Å². The number of nitrogens with zero attached hydrogens (tertiary/aromatic N) is 3. The number of hydrogen-bond acceptors (Lipinski definition) is 5. The molecule has 1 aliphatic heterocycles. The van der Waals surface area contributed by atoms with Crippen LogP contribution in [0.5, 0.6) is 5.75 Å². The summed E-state index contributed by atoms with van der Waals surface area (Å²) in [7, 11) is 1.65. The minimum absolute atomic E-state index is 0.0680. The van der Waals surface area contributed by atoms with Crippen molar-refractivity contribution in [1.29, 1.82) is 0 Å². The van der Waals surface area contributed by atoms with E-state index in [1.54, 1.807) is 13.4 Å². The molecule has 6 heteroatoms. The summed E-state index contributed by atoms with van der Waals surface area (Å²) < 4.78 is 5.23. The molecule has 2 aromatic carbocycles. The lowest BCUT2D eigenvalue weighted by atomic mass is 9.96. The Hall–Kier alpha value is -3.41. The molecule has 0 saturated carbocycles. The predicted molar refractivity (Wildman–Crippen MR) is 119 cm³/mol. The summed E-state index contributed by atoms with van der Waals surface area (Å²) in [6.07, 6.45) is 3.42. The number of amides is 1. The minimum Gasteiger partial charge on any atom is -0.497 e. The van der Waals surface area contributed by atoms with E-state index in [0.29, 0.717) is 6.54 Å². The van der Waals surface area contributed by atoms with Gasteiger partial charge in [0.05, 0.1) is 18.7 Å². The van der Waals surface area contributed by atoms with Gasteiger partial charge in [0.15, 0.2) is 0 Å². The molecule has 0 aliphatic carbocycles. The van der Waals surface area contributed by atoms with Crippen LogP contribution in [0, 0.1) is 12.8 Å². The Labute approximate surface area is 176 Å². The third-order valence-corrected chi connectivity index (χ3v) is 5.56. The van der Waals surface area contributed by atoms with Gasteiger partial charge in [0.1, 0.15) is 17.9 Å². The lowest BCUT2D eigenvalue weighted by molar-refractivity contribution is -0.120. The summed E-state index contributed by atoms with van der Waals surface area (Å²) in [6, 6.07) is 17.7. The van der Waals surface area contributed by atoms with Gasteiger partial charge in [0, 0.05) is 30.4 Å². The van der Waals surface area contributed by atoms with Gasteiger partial charge in [-0.15, -0.1) is 0 Å². The lowest BCUT2D eigenvalue weighted by Crippen LogP contribution is -2.41. The van der Waals surface area contributed by atoms with E-state index >= 15 is 0 Å². The van der Waals surface area contributed by atoms with Crippen molar-refractivity contribution in [2.24, 2.45) is 5.92 Å². The van der Waals surface area contributed by atoms with E-state index in [4.69, 9.17) is 4.74 Å². The van der Waals surface area contributed by atoms with Crippen LogP contribution in [0.1, 0.15) is 18.4 Å². The third-order valence-electron chi connectivity index (χ3n) is 5.56. The Kier molecular flexibility index (Phi) is 5.93. The summed E-state index contributed by atoms with van der Waals surface area (Å²) in [5.41, 5.74) is 3.81. The van der Waals surface area contributed by atoms with Crippen LogP contribution in [0.3, 0.4) is 0 Å². The van der Waals surface area contributed by atoms with Crippen molar-refractivity contribution in [2.75, 3.05) is 30.4 Å². The van der Waals surface area contributed by atoms with Crippen LogP contribution in [-0.4, -0.2) is 36.1 Å². The molecular formula is C24H26N4O2. The van der Waals surface area contributed by atoms with Crippen LogP contribution in [0.25, 0.3) is 11.3 Å². The van der Waals surface area contributed by atoms with Gasteiger partial charge in [-0.2, -0.15) is 0 Å². The van der Waals surface area contributed by atoms with Gasteiger partial charge in [-0.3, -0.25) is 4.79 Å². The number of methoxy groups -OCH3 is 1. The molecule has 1 amide bonds. The average Bonchev–Trinajstić information content (AvgIpc) is 2.81. The molecule has 1 N–H and O–H groups in total. The molecule has 3 aromatic rings. The minimum atomic E-state index is -0.0715. The van der Waals surface area contributed by atoms with E-state index in [1.165, 1.54) is 0 Å². The number of ether oxygens (including phenoxy) is 1. The monoisotopic (exact) mass is 402 g/mol. The third kappa shape index (κ3) is 4.43. The number of nitrogens with one attached hydrogen (secondary N) is 1. The summed E-state index contributed by atoms with van der Waals surface area (Å²) in [4.78, 5) is 23.9. The van der Waals surface area contributed by atoms with E-state index in [0.717, 1.165) is 53.5 Å². The van der Waals surface area contributed by atoms with Gasteiger partial charge < -0.3 is 15.0 Å². The summed E-state index contributed by atoms with van der Waals surface area (Å²) in [6.45, 7) is 3.54. The highest BCUT2D eigenvalue weighted by atomic mass is 16.5. The van der Waals surface area contributed by atoms with Crippen LogP contribution in [0.2, 0.25) is 0 Å². The largest absolute Gasteiger partial charge is 0.497 e. The van der Waals surface area contributed by atoms with Crippen molar-refractivity contribution in [3.8, 4) is 17.0 Å². The Morgan fingerprint density at radius 2 is 1.93 bits per heavy atom. The molecule has 0 radical (unpaired) electrons. The molecule has 1 aliphatic rings. The Morgan fingerprint density at radius 1 is 1.13 bits per heavy atom. The van der Waals surface area contributed by atoms with Crippen molar-refractivity contribution < 1.29 is 9.53 Å². The number of carbonyl (C=O) groups is 1. The van der Waals surface area contributed by atoms with E-state index < -0.39 is 0 Å². The standard InChI is InChI=1S/C24H26N4O2/c1-17-6-3-4-8-21(17)27-24(29)19-7-5-13-28(15-19)23-14-22(25-16-26-23)18-9-11-20(30-2)12-10-18/h3-4,6,8-12,14,16,19H,5,7,13,15H2,1-2H3,(H,27,29). The van der Waals surface area contributed by atoms with Crippen molar-refractivity contribution >= 4 is 17.4 Å². The Bertz CT molecular complexity index is 1020. The van der Waals surface area contributed by atoms with E-state index in [2.05, 4.69) is 20.2 Å². The molecule has 2 heterocycles. The Morgan fingerprint density at radius 3 is 2.70 bits per heavy atom. The topological polar surface area (TPSA) is 67.3 Å². The molecule has 0 spiro atoms. The van der Waals surface area contributed by atoms with Crippen molar-refractivity contribution in [3.05, 3.63) is 66.5 Å². The number of benzene rings is 2. The van der Waals surface area contributed by atoms with Crippen LogP contribution in [0.4, 0.5) is 11.5 Å². The molecule has 1 saturated heterocycles. The predicted octanol–water partition coefficient (Wildman–Crippen LogP) is 4.32. The van der Waals surface area contributed by atoms with Crippen LogP contribution in [-0.2, 0) is 4.79 Å². The molecule has 6 nitrogen and oxygen atoms in total. The van der Waals surface area contributed by atoms with Crippen molar-refractivity contribution in [1.82, 2.24) is 9.97 Å². The van der Waals surface area contributed by atoms with Gasteiger partial charge in [0.25, 0.3) is 0 Å². The normalized spacial score (nSPS) is 16.2. The first-order chi connectivity index (χ1) is 14.6. The number of aryl methyl sites for hydroxylation is 1. The van der Waals surface area contributed by atoms with E-state index in [-0.39, 0.29) is 11.8 Å². The maximum atomic E-state index is 12.9. The van der Waals surface area contributed by atoms with Gasteiger partial charge >= 0.3 is 0 Å². The first-order valence-electron chi connectivity index (χ1n) is 10.2. The van der Waals surface area contributed by atoms with Crippen LogP contribution < -0.4 is 15.0 Å². The first-order valence-corrected chi connectivity index (χ1v) is 10.2. The number of para-hydroxylation sites is 1. The summed E-state index contributed by atoms with van der Waals surface area (Å²) in [5.74, 6) is 1.66. The van der Waals surface area contributed by atoms with E-state index in [1.807, 2.05) is 61.5 Å². The zero-order valence-corrected chi connectivity index (χ0v) is 17.3. The number of hydrogen-bond donors (Lipinski definition) is 1. The quantitative estimate of drug-likeness (QED) is 0.689. The Balaban J connectivity index is 1.47. The highest BCUT2D eigenvalue weighted by Crippen LogP contribution is 2.27. The molecule has 1 fully saturated rings. The molecule has 1 unspecified atom stereocenters. The zero-order valence-electron chi connectivity index (χ0n) is 17.3. The summed E-state index contributed by atoms with van der Waals surface area (Å²) >= 11 is 0. The molecule has 1 atom stereocenters. The van der Waals surface area contributed by atoms with Crippen molar-refractivity contribution in [2.45, 2.75) is 19.8 Å². The van der Waals surface area contributed by atoms with Crippen molar-refractivity contribution in [3.63, 3.8) is 0 Å². The maximum absolute atomic E-state index is 12.9. The molecular weight excluding hydrogens is 376 g/mol. The SMILES string of the molecule is COc1ccc(-c2cc(N3CCCC(C(=O)Nc4ccccc4C)C3)ncn2)cc1. The highest BCUT2D eigenvalue weighted by molar-refractivity contribution is 5.93. The second-order valence-electron chi connectivity index (χ2n) is 7.58. The van der Waals surface area contributed by atoms with Gasteiger partial charge in [-0.1, -0.05) is 18.2 Å². The van der Waals surface area contributed by atoms with E-state index in [9.17, 15) is 4.79 Å². The number of aromatic nitrogens is 2. The average molecular weight is 402 g/mol.